The van der Waals surface area contributed by atoms with Gasteiger partial charge in [-0.15, -0.1) is 11.3 Å². The number of aromatic hydroxyl groups is 1. The number of carbonyl (C=O) groups is 1. The Kier molecular flexibility index (Phi) is 3.16. The monoisotopic (exact) mass is 300 g/mol. The summed E-state index contributed by atoms with van der Waals surface area (Å²) in [6.07, 6.45) is 0. The molecule has 0 unspecified atom stereocenters. The summed E-state index contributed by atoms with van der Waals surface area (Å²) in [4.78, 5) is 11.8. The number of hydrogen-bond donors (Lipinski definition) is 1. The SMILES string of the molecule is CCOC(=O)c1sc2cccc(Br)c2c1O. The summed E-state index contributed by atoms with van der Waals surface area (Å²) in [6, 6.07) is 5.54. The minimum Gasteiger partial charge on any atom is -0.505 e. The molecule has 5 heteroatoms. The second kappa shape index (κ2) is 4.43. The molecule has 0 bridgehead atoms. The Morgan fingerprint density at radius 2 is 2.31 bits per heavy atom. The topological polar surface area (TPSA) is 46.5 Å². The van der Waals surface area contributed by atoms with Crippen LogP contribution in [0.5, 0.6) is 5.75 Å². The van der Waals surface area contributed by atoms with Crippen LogP contribution < -0.4 is 0 Å². The predicted molar refractivity (Wildman–Crippen MR) is 67.1 cm³/mol. The first-order valence-electron chi connectivity index (χ1n) is 4.72. The fraction of sp³-hybridized carbons (Fsp3) is 0.182. The van der Waals surface area contributed by atoms with Crippen LogP contribution in [0.15, 0.2) is 22.7 Å². The number of halogens is 1. The number of ether oxygens (including phenoxy) is 1. The zero-order valence-corrected chi connectivity index (χ0v) is 10.9. The number of esters is 1. The molecule has 3 nitrogen and oxygen atoms in total. The highest BCUT2D eigenvalue weighted by atomic mass is 79.9. The molecular weight excluding hydrogens is 292 g/mol. The van der Waals surface area contributed by atoms with E-state index in [-0.39, 0.29) is 10.6 Å². The van der Waals surface area contributed by atoms with E-state index in [4.69, 9.17) is 4.74 Å². The highest BCUT2D eigenvalue weighted by molar-refractivity contribution is 9.10. The van der Waals surface area contributed by atoms with Crippen molar-refractivity contribution in [3.05, 3.63) is 27.5 Å². The highest BCUT2D eigenvalue weighted by Crippen LogP contribution is 2.41. The highest BCUT2D eigenvalue weighted by Gasteiger charge is 2.20. The van der Waals surface area contributed by atoms with Gasteiger partial charge < -0.3 is 9.84 Å². The second-order valence-corrected chi connectivity index (χ2v) is 5.02. The van der Waals surface area contributed by atoms with Gasteiger partial charge in [0.15, 0.2) is 4.88 Å². The van der Waals surface area contributed by atoms with Crippen LogP contribution in [-0.2, 0) is 4.74 Å². The maximum absolute atomic E-state index is 11.6. The Morgan fingerprint density at radius 3 is 2.94 bits per heavy atom. The average Bonchev–Trinajstić information content (AvgIpc) is 2.58. The van der Waals surface area contributed by atoms with Gasteiger partial charge in [-0.2, -0.15) is 0 Å². The number of rotatable bonds is 2. The molecule has 0 radical (unpaired) electrons. The van der Waals surface area contributed by atoms with Crippen LogP contribution in [0.3, 0.4) is 0 Å². The van der Waals surface area contributed by atoms with E-state index in [0.29, 0.717) is 12.0 Å². The molecule has 0 saturated heterocycles. The van der Waals surface area contributed by atoms with E-state index >= 15 is 0 Å². The lowest BCUT2D eigenvalue weighted by Gasteiger charge is -1.98. The van der Waals surface area contributed by atoms with Crippen molar-refractivity contribution in [2.75, 3.05) is 6.61 Å². The van der Waals surface area contributed by atoms with Crippen molar-refractivity contribution in [3.63, 3.8) is 0 Å². The van der Waals surface area contributed by atoms with E-state index in [1.54, 1.807) is 6.92 Å². The van der Waals surface area contributed by atoms with Gasteiger partial charge in [0.05, 0.1) is 6.61 Å². The smallest absolute Gasteiger partial charge is 0.352 e. The van der Waals surface area contributed by atoms with Gasteiger partial charge in [0.25, 0.3) is 0 Å². The van der Waals surface area contributed by atoms with Crippen LogP contribution >= 0.6 is 27.3 Å². The Labute approximate surface area is 105 Å². The Bertz CT molecular complexity index is 547. The molecule has 16 heavy (non-hydrogen) atoms. The third-order valence-electron chi connectivity index (χ3n) is 2.10. The standard InChI is InChI=1S/C11H9BrO3S/c1-2-15-11(14)10-9(13)8-6(12)4-3-5-7(8)16-10/h3-5,13H,2H2,1H3. The van der Waals surface area contributed by atoms with Gasteiger partial charge in [-0.05, 0) is 35.0 Å². The molecule has 0 spiro atoms. The van der Waals surface area contributed by atoms with Gasteiger partial charge in [-0.1, -0.05) is 6.07 Å². The van der Waals surface area contributed by atoms with Crippen LogP contribution in [0.4, 0.5) is 0 Å². The molecular formula is C11H9BrO3S. The molecule has 1 N–H and O–H groups in total. The lowest BCUT2D eigenvalue weighted by Crippen LogP contribution is -2.01. The molecule has 0 aliphatic rings. The molecule has 1 aromatic heterocycles. The number of benzene rings is 1. The van der Waals surface area contributed by atoms with Gasteiger partial charge in [0.2, 0.25) is 0 Å². The Balaban J connectivity index is 2.61. The van der Waals surface area contributed by atoms with Crippen LogP contribution in [0.1, 0.15) is 16.6 Å². The van der Waals surface area contributed by atoms with Crippen LogP contribution in [0.2, 0.25) is 0 Å². The van der Waals surface area contributed by atoms with E-state index in [9.17, 15) is 9.90 Å². The van der Waals surface area contributed by atoms with Crippen molar-refractivity contribution in [1.29, 1.82) is 0 Å². The maximum atomic E-state index is 11.6. The molecule has 0 aliphatic heterocycles. The van der Waals surface area contributed by atoms with Gasteiger partial charge in [0.1, 0.15) is 5.75 Å². The number of hydrogen-bond acceptors (Lipinski definition) is 4. The lowest BCUT2D eigenvalue weighted by molar-refractivity contribution is 0.0529. The maximum Gasteiger partial charge on any atom is 0.352 e. The van der Waals surface area contributed by atoms with E-state index < -0.39 is 5.97 Å². The minimum atomic E-state index is -0.479. The normalized spacial score (nSPS) is 10.6. The molecule has 1 aromatic carbocycles. The summed E-state index contributed by atoms with van der Waals surface area (Å²) in [7, 11) is 0. The molecule has 1 heterocycles. The first-order valence-corrected chi connectivity index (χ1v) is 6.33. The molecule has 2 aromatic rings. The fourth-order valence-electron chi connectivity index (χ4n) is 1.43. The molecule has 0 amide bonds. The van der Waals surface area contributed by atoms with Gasteiger partial charge in [-0.3, -0.25) is 0 Å². The van der Waals surface area contributed by atoms with E-state index in [1.165, 1.54) is 11.3 Å². The average molecular weight is 301 g/mol. The third kappa shape index (κ3) is 1.81. The summed E-state index contributed by atoms with van der Waals surface area (Å²) in [5.74, 6) is -0.487. The van der Waals surface area contributed by atoms with Gasteiger partial charge >= 0.3 is 5.97 Å². The molecule has 84 valence electrons. The Morgan fingerprint density at radius 1 is 1.56 bits per heavy atom. The zero-order valence-electron chi connectivity index (χ0n) is 8.49. The summed E-state index contributed by atoms with van der Waals surface area (Å²) in [6.45, 7) is 2.03. The van der Waals surface area contributed by atoms with E-state index in [1.807, 2.05) is 18.2 Å². The molecule has 0 saturated carbocycles. The number of carbonyl (C=O) groups excluding carboxylic acids is 1. The molecule has 0 atom stereocenters. The quantitative estimate of drug-likeness (QED) is 0.863. The second-order valence-electron chi connectivity index (χ2n) is 3.11. The molecule has 0 fully saturated rings. The molecule has 2 rings (SSSR count). The predicted octanol–water partition coefficient (Wildman–Crippen LogP) is 3.55. The van der Waals surface area contributed by atoms with Gasteiger partial charge in [-0.25, -0.2) is 4.79 Å². The molecule has 0 aliphatic carbocycles. The summed E-state index contributed by atoms with van der Waals surface area (Å²) in [5.41, 5.74) is 0. The largest absolute Gasteiger partial charge is 0.505 e. The fourth-order valence-corrected chi connectivity index (χ4v) is 3.13. The first-order chi connectivity index (χ1) is 7.65. The van der Waals surface area contributed by atoms with Crippen LogP contribution in [0, 0.1) is 0 Å². The number of fused-ring (bicyclic) bond motifs is 1. The van der Waals surface area contributed by atoms with Crippen molar-refractivity contribution in [2.45, 2.75) is 6.92 Å². The van der Waals surface area contributed by atoms with Crippen molar-refractivity contribution < 1.29 is 14.6 Å². The van der Waals surface area contributed by atoms with Crippen LogP contribution in [-0.4, -0.2) is 17.7 Å². The van der Waals surface area contributed by atoms with E-state index in [2.05, 4.69) is 15.9 Å². The zero-order chi connectivity index (χ0) is 11.7. The van der Waals surface area contributed by atoms with Crippen molar-refractivity contribution in [2.24, 2.45) is 0 Å². The summed E-state index contributed by atoms with van der Waals surface area (Å²) in [5, 5.41) is 10.6. The van der Waals surface area contributed by atoms with Crippen molar-refractivity contribution in [1.82, 2.24) is 0 Å². The summed E-state index contributed by atoms with van der Waals surface area (Å²) < 4.78 is 6.50. The summed E-state index contributed by atoms with van der Waals surface area (Å²) >= 11 is 4.58. The minimum absolute atomic E-state index is 0.00840. The van der Waals surface area contributed by atoms with Gasteiger partial charge in [0, 0.05) is 14.6 Å². The third-order valence-corrected chi connectivity index (χ3v) is 3.89. The number of thiophene rings is 1. The van der Waals surface area contributed by atoms with Crippen LogP contribution in [0.25, 0.3) is 10.1 Å². The van der Waals surface area contributed by atoms with Crippen molar-refractivity contribution >= 4 is 43.3 Å². The lowest BCUT2D eigenvalue weighted by atomic mass is 10.2. The van der Waals surface area contributed by atoms with E-state index in [0.717, 1.165) is 9.17 Å². The van der Waals surface area contributed by atoms with Crippen molar-refractivity contribution in [3.8, 4) is 5.75 Å². The Hall–Kier alpha value is -1.07. The first kappa shape index (κ1) is 11.4.